The Hall–Kier alpha value is -1.74. The van der Waals surface area contributed by atoms with Gasteiger partial charge in [0.1, 0.15) is 0 Å². The minimum absolute atomic E-state index is 0.334. The van der Waals surface area contributed by atoms with E-state index in [0.717, 1.165) is 20.9 Å². The molecule has 0 bridgehead atoms. The van der Waals surface area contributed by atoms with Crippen LogP contribution in [0, 0.1) is 13.8 Å². The van der Waals surface area contributed by atoms with E-state index >= 15 is 0 Å². The highest BCUT2D eigenvalue weighted by atomic mass is 79.9. The molecule has 4 rings (SSSR count). The van der Waals surface area contributed by atoms with Crippen LogP contribution in [0.1, 0.15) is 11.1 Å². The average molecular weight is 492 g/mol. The average Bonchev–Trinajstić information content (AvgIpc) is 3.20. The van der Waals surface area contributed by atoms with E-state index in [0.29, 0.717) is 31.1 Å². The molecule has 29 heavy (non-hydrogen) atoms. The smallest absolute Gasteiger partial charge is 0.243 e. The molecule has 0 amide bonds. The van der Waals surface area contributed by atoms with Crippen molar-refractivity contribution < 1.29 is 8.42 Å². The second-order valence-corrected chi connectivity index (χ2v) is 10.9. The Morgan fingerprint density at radius 1 is 1.00 bits per heavy atom. The zero-order valence-electron chi connectivity index (χ0n) is 16.3. The number of halogens is 1. The van der Waals surface area contributed by atoms with Crippen molar-refractivity contribution in [1.82, 2.24) is 9.29 Å². The molecular weight excluding hydrogens is 470 g/mol. The summed E-state index contributed by atoms with van der Waals surface area (Å²) in [4.78, 5) is 7.34. The van der Waals surface area contributed by atoms with E-state index < -0.39 is 10.0 Å². The van der Waals surface area contributed by atoms with Crippen molar-refractivity contribution >= 4 is 42.4 Å². The molecule has 5 nitrogen and oxygen atoms in total. The summed E-state index contributed by atoms with van der Waals surface area (Å²) in [6.07, 6.45) is 0. The number of sulfonamides is 1. The lowest BCUT2D eigenvalue weighted by atomic mass is 10.0. The van der Waals surface area contributed by atoms with Crippen LogP contribution in [0.15, 0.2) is 57.2 Å². The van der Waals surface area contributed by atoms with Crippen LogP contribution in [0.25, 0.3) is 11.3 Å². The molecule has 152 valence electrons. The minimum atomic E-state index is -3.46. The van der Waals surface area contributed by atoms with Gasteiger partial charge in [-0.2, -0.15) is 4.31 Å². The van der Waals surface area contributed by atoms with Gasteiger partial charge in [-0.1, -0.05) is 33.6 Å². The third-order valence-electron chi connectivity index (χ3n) is 5.12. The maximum Gasteiger partial charge on any atom is 0.243 e. The summed E-state index contributed by atoms with van der Waals surface area (Å²) in [5.41, 5.74) is 4.56. The Morgan fingerprint density at radius 3 is 2.38 bits per heavy atom. The summed E-state index contributed by atoms with van der Waals surface area (Å²) >= 11 is 4.96. The van der Waals surface area contributed by atoms with Gasteiger partial charge in [0, 0.05) is 41.6 Å². The second kappa shape index (κ2) is 8.18. The first kappa shape index (κ1) is 20.5. The molecule has 3 aromatic rings. The number of aromatic nitrogens is 1. The van der Waals surface area contributed by atoms with Crippen molar-refractivity contribution in [3.05, 3.63) is 63.4 Å². The van der Waals surface area contributed by atoms with Crippen LogP contribution in [0.4, 0.5) is 5.13 Å². The van der Waals surface area contributed by atoms with Gasteiger partial charge >= 0.3 is 0 Å². The van der Waals surface area contributed by atoms with Gasteiger partial charge in [0.15, 0.2) is 5.13 Å². The number of benzene rings is 2. The van der Waals surface area contributed by atoms with Gasteiger partial charge in [0.25, 0.3) is 0 Å². The Kier molecular flexibility index (Phi) is 5.79. The van der Waals surface area contributed by atoms with Gasteiger partial charge in [0.2, 0.25) is 10.0 Å². The van der Waals surface area contributed by atoms with Crippen LogP contribution < -0.4 is 4.90 Å². The molecule has 0 atom stereocenters. The Balaban J connectivity index is 1.47. The molecule has 0 spiro atoms. The van der Waals surface area contributed by atoms with E-state index in [2.05, 4.69) is 58.3 Å². The molecule has 1 saturated heterocycles. The first-order chi connectivity index (χ1) is 13.8. The number of hydrogen-bond donors (Lipinski definition) is 0. The molecule has 2 heterocycles. The molecule has 2 aromatic carbocycles. The molecule has 0 aliphatic carbocycles. The predicted molar refractivity (Wildman–Crippen MR) is 122 cm³/mol. The van der Waals surface area contributed by atoms with E-state index in [1.807, 2.05) is 0 Å². The van der Waals surface area contributed by atoms with Crippen molar-refractivity contribution in [2.75, 3.05) is 31.1 Å². The Labute approximate surface area is 184 Å². The summed E-state index contributed by atoms with van der Waals surface area (Å²) in [5.74, 6) is 0. The van der Waals surface area contributed by atoms with E-state index in [-0.39, 0.29) is 0 Å². The fourth-order valence-electron chi connectivity index (χ4n) is 3.42. The molecule has 0 radical (unpaired) electrons. The van der Waals surface area contributed by atoms with Gasteiger partial charge in [-0.3, -0.25) is 0 Å². The topological polar surface area (TPSA) is 53.5 Å². The third kappa shape index (κ3) is 4.26. The normalized spacial score (nSPS) is 15.6. The van der Waals surface area contributed by atoms with Crippen molar-refractivity contribution in [1.29, 1.82) is 0 Å². The SMILES string of the molecule is Cc1ccc(C)c(-c2csc(N3CCN(S(=O)(=O)c4ccc(Br)cc4)CC3)n2)c1. The zero-order valence-corrected chi connectivity index (χ0v) is 19.5. The van der Waals surface area contributed by atoms with Crippen LogP contribution >= 0.6 is 27.3 Å². The number of piperazine rings is 1. The molecule has 0 N–H and O–H groups in total. The maximum atomic E-state index is 12.9. The summed E-state index contributed by atoms with van der Waals surface area (Å²) < 4.78 is 28.2. The van der Waals surface area contributed by atoms with Crippen LogP contribution in [-0.4, -0.2) is 43.9 Å². The Morgan fingerprint density at radius 2 is 1.69 bits per heavy atom. The van der Waals surface area contributed by atoms with Crippen LogP contribution in [0.5, 0.6) is 0 Å². The summed E-state index contributed by atoms with van der Waals surface area (Å²) in [6, 6.07) is 13.2. The van der Waals surface area contributed by atoms with Gasteiger partial charge in [-0.15, -0.1) is 11.3 Å². The first-order valence-corrected chi connectivity index (χ1v) is 12.5. The van der Waals surface area contributed by atoms with E-state index in [1.54, 1.807) is 39.9 Å². The number of anilines is 1. The number of nitrogens with zero attached hydrogens (tertiary/aromatic N) is 3. The summed E-state index contributed by atoms with van der Waals surface area (Å²) in [5, 5.41) is 3.03. The lowest BCUT2D eigenvalue weighted by Gasteiger charge is -2.33. The van der Waals surface area contributed by atoms with Gasteiger partial charge in [-0.25, -0.2) is 13.4 Å². The standard InChI is InChI=1S/C21H22BrN3O2S2/c1-15-3-4-16(2)19(13-15)20-14-28-21(23-20)24-9-11-25(12-10-24)29(26,27)18-7-5-17(22)6-8-18/h3-8,13-14H,9-12H2,1-2H3. The highest BCUT2D eigenvalue weighted by molar-refractivity contribution is 9.10. The van der Waals surface area contributed by atoms with Gasteiger partial charge < -0.3 is 4.90 Å². The molecule has 0 saturated carbocycles. The third-order valence-corrected chi connectivity index (χ3v) is 8.46. The van der Waals surface area contributed by atoms with Crippen LogP contribution in [0.2, 0.25) is 0 Å². The first-order valence-electron chi connectivity index (χ1n) is 9.38. The lowest BCUT2D eigenvalue weighted by Crippen LogP contribution is -2.48. The van der Waals surface area contributed by atoms with Crippen molar-refractivity contribution in [2.24, 2.45) is 0 Å². The van der Waals surface area contributed by atoms with E-state index in [4.69, 9.17) is 4.98 Å². The van der Waals surface area contributed by atoms with Crippen molar-refractivity contribution in [3.63, 3.8) is 0 Å². The number of hydrogen-bond acceptors (Lipinski definition) is 5. The van der Waals surface area contributed by atoms with E-state index in [1.165, 1.54) is 11.1 Å². The van der Waals surface area contributed by atoms with E-state index in [9.17, 15) is 8.42 Å². The molecule has 1 aliphatic rings. The predicted octanol–water partition coefficient (Wildman–Crippen LogP) is 4.70. The highest BCUT2D eigenvalue weighted by Crippen LogP contribution is 2.31. The van der Waals surface area contributed by atoms with Crippen LogP contribution in [-0.2, 0) is 10.0 Å². The fraction of sp³-hybridized carbons (Fsp3) is 0.286. The van der Waals surface area contributed by atoms with Crippen molar-refractivity contribution in [3.8, 4) is 11.3 Å². The van der Waals surface area contributed by atoms with Crippen LogP contribution in [0.3, 0.4) is 0 Å². The molecule has 1 fully saturated rings. The van der Waals surface area contributed by atoms with Gasteiger partial charge in [0.05, 0.1) is 10.6 Å². The molecule has 8 heteroatoms. The molecule has 1 aliphatic heterocycles. The second-order valence-electron chi connectivity index (χ2n) is 7.18. The zero-order chi connectivity index (χ0) is 20.6. The lowest BCUT2D eigenvalue weighted by molar-refractivity contribution is 0.385. The molecule has 0 unspecified atom stereocenters. The summed E-state index contributed by atoms with van der Waals surface area (Å²) in [6.45, 7) is 6.36. The summed E-state index contributed by atoms with van der Waals surface area (Å²) in [7, 11) is -3.46. The number of thiazole rings is 1. The Bertz CT molecular complexity index is 1120. The minimum Gasteiger partial charge on any atom is -0.345 e. The van der Waals surface area contributed by atoms with Gasteiger partial charge in [-0.05, 0) is 49.7 Å². The molecule has 1 aromatic heterocycles. The maximum absolute atomic E-state index is 12.9. The fourth-order valence-corrected chi connectivity index (χ4v) is 5.99. The largest absolute Gasteiger partial charge is 0.345 e. The quantitative estimate of drug-likeness (QED) is 0.530. The highest BCUT2D eigenvalue weighted by Gasteiger charge is 2.29. The van der Waals surface area contributed by atoms with Crippen molar-refractivity contribution in [2.45, 2.75) is 18.7 Å². The number of rotatable bonds is 4. The molecular formula is C21H22BrN3O2S2. The monoisotopic (exact) mass is 491 g/mol. The number of aryl methyl sites for hydroxylation is 2.